The minimum Gasteiger partial charge on any atom is -0.388 e. The number of nitrogens with one attached hydrogen (secondary N) is 1. The van der Waals surface area contributed by atoms with E-state index in [4.69, 9.17) is 15.2 Å². The number of aliphatic hydroxyl groups is 1. The lowest BCUT2D eigenvalue weighted by molar-refractivity contribution is -0.0276. The molecule has 0 atom stereocenters. The van der Waals surface area contributed by atoms with Gasteiger partial charge in [-0.15, -0.1) is 16.4 Å². The van der Waals surface area contributed by atoms with Gasteiger partial charge in [0, 0.05) is 14.7 Å². The largest absolute Gasteiger partial charge is 0.388 e. The van der Waals surface area contributed by atoms with Crippen molar-refractivity contribution in [2.75, 3.05) is 18.5 Å². The van der Waals surface area contributed by atoms with E-state index in [-0.39, 0.29) is 13.2 Å². The number of nitrogens with two attached hydrogens (primary N) is 1. The highest BCUT2D eigenvalue weighted by atomic mass is 32.1. The molecule has 3 rings (SSSR count). The lowest BCUT2D eigenvalue weighted by Gasteiger charge is -2.16. The molecule has 0 aliphatic heterocycles. The van der Waals surface area contributed by atoms with Crippen LogP contribution in [0.25, 0.3) is 10.7 Å². The van der Waals surface area contributed by atoms with E-state index >= 15 is 0 Å². The fourth-order valence-electron chi connectivity index (χ4n) is 2.93. The van der Waals surface area contributed by atoms with Crippen molar-refractivity contribution in [3.8, 4) is 10.7 Å². The number of pyridine rings is 1. The van der Waals surface area contributed by atoms with Crippen molar-refractivity contribution in [1.29, 1.82) is 0 Å². The molecular weight excluding hydrogens is 484 g/mol. The Labute approximate surface area is 210 Å². The maximum Gasteiger partial charge on any atom is 0.251 e. The molecule has 12 heteroatoms. The van der Waals surface area contributed by atoms with Crippen LogP contribution in [0.5, 0.6) is 0 Å². The number of anilines is 2. The SMILES string of the molecule is CC(C)(O)COCc1cccc(Nc2sc(-c3ncn(COCC[Si](C)(C)C)n3)cc2C(N)=O)n1. The van der Waals surface area contributed by atoms with Crippen LogP contribution in [0, 0.1) is 0 Å². The number of rotatable bonds is 13. The fourth-order valence-corrected chi connectivity index (χ4v) is 4.70. The van der Waals surface area contributed by atoms with Crippen molar-refractivity contribution >= 4 is 36.1 Å². The van der Waals surface area contributed by atoms with Crippen LogP contribution in [0.3, 0.4) is 0 Å². The Morgan fingerprint density at radius 2 is 2.06 bits per heavy atom. The van der Waals surface area contributed by atoms with Crippen LogP contribution in [0.1, 0.15) is 29.9 Å². The first kappa shape index (κ1) is 27.0. The predicted octanol–water partition coefficient (Wildman–Crippen LogP) is 3.84. The first-order chi connectivity index (χ1) is 16.4. The van der Waals surface area contributed by atoms with Crippen molar-refractivity contribution in [2.24, 2.45) is 5.73 Å². The third-order valence-electron chi connectivity index (χ3n) is 4.73. The Kier molecular flexibility index (Phi) is 8.78. The van der Waals surface area contributed by atoms with Gasteiger partial charge in [-0.05, 0) is 38.1 Å². The summed E-state index contributed by atoms with van der Waals surface area (Å²) in [6.07, 6.45) is 1.61. The predicted molar refractivity (Wildman–Crippen MR) is 139 cm³/mol. The second-order valence-electron chi connectivity index (χ2n) is 10.1. The summed E-state index contributed by atoms with van der Waals surface area (Å²) in [5, 5.41) is 18.0. The summed E-state index contributed by atoms with van der Waals surface area (Å²) in [6.45, 7) is 11.7. The molecule has 0 aliphatic rings. The molecule has 3 aromatic rings. The molecular formula is C23H34N6O4SSi. The van der Waals surface area contributed by atoms with E-state index in [0.717, 1.165) is 6.04 Å². The summed E-state index contributed by atoms with van der Waals surface area (Å²) < 4.78 is 12.9. The van der Waals surface area contributed by atoms with Gasteiger partial charge in [0.1, 0.15) is 23.9 Å². The summed E-state index contributed by atoms with van der Waals surface area (Å²) in [5.74, 6) is 0.467. The van der Waals surface area contributed by atoms with Crippen molar-refractivity contribution in [3.05, 3.63) is 41.9 Å². The Balaban J connectivity index is 1.68. The summed E-state index contributed by atoms with van der Waals surface area (Å²) >= 11 is 1.32. The molecule has 0 fully saturated rings. The Morgan fingerprint density at radius 1 is 1.29 bits per heavy atom. The quantitative estimate of drug-likeness (QED) is 0.229. The lowest BCUT2D eigenvalue weighted by Crippen LogP contribution is -2.25. The summed E-state index contributed by atoms with van der Waals surface area (Å²) in [7, 11) is -1.15. The number of hydrogen-bond donors (Lipinski definition) is 3. The highest BCUT2D eigenvalue weighted by Crippen LogP contribution is 2.35. The minimum absolute atomic E-state index is 0.190. The topological polar surface area (TPSA) is 137 Å². The first-order valence-corrected chi connectivity index (χ1v) is 15.9. The third-order valence-corrected chi connectivity index (χ3v) is 7.48. The molecule has 1 amide bonds. The number of carbonyl (C=O) groups is 1. The molecule has 0 saturated heterocycles. The van der Waals surface area contributed by atoms with Crippen LogP contribution >= 0.6 is 11.3 Å². The van der Waals surface area contributed by atoms with E-state index in [9.17, 15) is 9.90 Å². The lowest BCUT2D eigenvalue weighted by atomic mass is 10.2. The van der Waals surface area contributed by atoms with Gasteiger partial charge < -0.3 is 25.6 Å². The molecule has 3 heterocycles. The smallest absolute Gasteiger partial charge is 0.251 e. The van der Waals surface area contributed by atoms with E-state index in [2.05, 4.69) is 40.0 Å². The molecule has 190 valence electrons. The zero-order valence-electron chi connectivity index (χ0n) is 20.9. The molecule has 10 nitrogen and oxygen atoms in total. The number of aromatic nitrogens is 4. The van der Waals surface area contributed by atoms with E-state index < -0.39 is 19.6 Å². The number of amides is 1. The molecule has 0 bridgehead atoms. The average Bonchev–Trinajstić information content (AvgIpc) is 3.37. The van der Waals surface area contributed by atoms with E-state index in [0.29, 0.717) is 46.1 Å². The molecule has 3 aromatic heterocycles. The zero-order chi connectivity index (χ0) is 25.6. The van der Waals surface area contributed by atoms with Crippen molar-refractivity contribution in [2.45, 2.75) is 58.5 Å². The van der Waals surface area contributed by atoms with Crippen molar-refractivity contribution in [3.63, 3.8) is 0 Å². The molecule has 0 spiro atoms. The highest BCUT2D eigenvalue weighted by Gasteiger charge is 2.18. The molecule has 0 radical (unpaired) electrons. The van der Waals surface area contributed by atoms with Gasteiger partial charge in [0.2, 0.25) is 0 Å². The van der Waals surface area contributed by atoms with Gasteiger partial charge in [-0.2, -0.15) is 0 Å². The minimum atomic E-state index is -1.15. The Hall–Kier alpha value is -2.64. The number of thiophene rings is 1. The van der Waals surface area contributed by atoms with Crippen LogP contribution in [-0.4, -0.2) is 57.7 Å². The Morgan fingerprint density at radius 3 is 2.74 bits per heavy atom. The number of ether oxygens (including phenoxy) is 2. The maximum absolute atomic E-state index is 12.1. The standard InChI is InChI=1S/C23H34N6O4SSi/c1-23(2,31)13-33-12-16-7-6-8-19(26-16)27-22-17(20(24)30)11-18(34-22)21-25-14-29(28-21)15-32-9-10-35(3,4)5/h6-8,11,14,31H,9-10,12-13,15H2,1-5H3,(H2,24,30)(H,26,27). The van der Waals surface area contributed by atoms with Crippen LogP contribution in [0.2, 0.25) is 25.7 Å². The van der Waals surface area contributed by atoms with Crippen LogP contribution in [-0.2, 0) is 22.8 Å². The van der Waals surface area contributed by atoms with Gasteiger partial charge in [-0.3, -0.25) is 4.79 Å². The Bertz CT molecular complexity index is 1140. The third kappa shape index (κ3) is 8.82. The van der Waals surface area contributed by atoms with Gasteiger partial charge in [0.05, 0.1) is 34.9 Å². The fraction of sp³-hybridized carbons (Fsp3) is 0.478. The van der Waals surface area contributed by atoms with Gasteiger partial charge in [-0.1, -0.05) is 25.7 Å². The molecule has 35 heavy (non-hydrogen) atoms. The maximum atomic E-state index is 12.1. The van der Waals surface area contributed by atoms with Gasteiger partial charge in [0.25, 0.3) is 5.91 Å². The second-order valence-corrected chi connectivity index (χ2v) is 16.8. The van der Waals surface area contributed by atoms with E-state index in [1.807, 2.05) is 12.1 Å². The summed E-state index contributed by atoms with van der Waals surface area (Å²) in [4.78, 5) is 21.7. The number of nitrogens with zero attached hydrogens (tertiary/aromatic N) is 4. The van der Waals surface area contributed by atoms with Crippen molar-refractivity contribution < 1.29 is 19.4 Å². The van der Waals surface area contributed by atoms with E-state index in [1.165, 1.54) is 11.3 Å². The van der Waals surface area contributed by atoms with Crippen molar-refractivity contribution in [1.82, 2.24) is 19.7 Å². The molecule has 0 saturated carbocycles. The van der Waals surface area contributed by atoms with Gasteiger partial charge >= 0.3 is 0 Å². The average molecular weight is 519 g/mol. The van der Waals surface area contributed by atoms with Crippen LogP contribution in [0.4, 0.5) is 10.8 Å². The first-order valence-electron chi connectivity index (χ1n) is 11.3. The number of hydrogen-bond acceptors (Lipinski definition) is 9. The molecule has 0 aliphatic carbocycles. The summed E-state index contributed by atoms with van der Waals surface area (Å²) in [6, 6.07) is 8.21. The molecule has 0 aromatic carbocycles. The summed E-state index contributed by atoms with van der Waals surface area (Å²) in [5.41, 5.74) is 5.72. The number of primary amides is 1. The zero-order valence-corrected chi connectivity index (χ0v) is 22.7. The van der Waals surface area contributed by atoms with Gasteiger partial charge in [-0.25, -0.2) is 14.6 Å². The van der Waals surface area contributed by atoms with Crippen LogP contribution in [0.15, 0.2) is 30.6 Å². The normalized spacial score (nSPS) is 12.2. The van der Waals surface area contributed by atoms with Gasteiger partial charge in [0.15, 0.2) is 5.82 Å². The van der Waals surface area contributed by atoms with Crippen LogP contribution < -0.4 is 11.1 Å². The second kappa shape index (κ2) is 11.4. The number of carbonyl (C=O) groups excluding carboxylic acids is 1. The monoisotopic (exact) mass is 518 g/mol. The van der Waals surface area contributed by atoms with E-state index in [1.54, 1.807) is 37.0 Å². The molecule has 0 unspecified atom stereocenters. The highest BCUT2D eigenvalue weighted by molar-refractivity contribution is 7.19. The molecule has 4 N–H and O–H groups in total.